The van der Waals surface area contributed by atoms with Crippen molar-refractivity contribution in [2.45, 2.75) is 27.2 Å². The Morgan fingerprint density at radius 2 is 1.74 bits per heavy atom. The molecular formula is C21H20Cl2N2O2. The van der Waals surface area contributed by atoms with E-state index in [1.807, 2.05) is 51.1 Å². The summed E-state index contributed by atoms with van der Waals surface area (Å²) in [5.74, 6) is 0.0183. The monoisotopic (exact) mass is 402 g/mol. The van der Waals surface area contributed by atoms with Crippen LogP contribution in [0.2, 0.25) is 10.0 Å². The van der Waals surface area contributed by atoms with Gasteiger partial charge in [-0.2, -0.15) is 9.78 Å². The first-order valence-electron chi connectivity index (χ1n) is 8.54. The van der Waals surface area contributed by atoms with E-state index in [2.05, 4.69) is 5.10 Å². The van der Waals surface area contributed by atoms with E-state index in [0.717, 1.165) is 5.56 Å². The number of aromatic nitrogens is 2. The van der Waals surface area contributed by atoms with Crippen molar-refractivity contribution in [2.24, 2.45) is 5.41 Å². The van der Waals surface area contributed by atoms with Crippen LogP contribution in [0.4, 0.5) is 0 Å². The van der Waals surface area contributed by atoms with Crippen LogP contribution < -0.4 is 4.74 Å². The number of esters is 1. The molecule has 4 nitrogen and oxygen atoms in total. The van der Waals surface area contributed by atoms with Crippen molar-refractivity contribution in [3.63, 3.8) is 0 Å². The zero-order valence-corrected chi connectivity index (χ0v) is 16.9. The fourth-order valence-corrected chi connectivity index (χ4v) is 2.87. The molecule has 27 heavy (non-hydrogen) atoms. The lowest BCUT2D eigenvalue weighted by Crippen LogP contribution is -2.18. The lowest BCUT2D eigenvalue weighted by molar-refractivity contribution is -0.136. The van der Waals surface area contributed by atoms with Crippen LogP contribution in [-0.2, 0) is 4.79 Å². The molecule has 0 bridgehead atoms. The topological polar surface area (TPSA) is 44.1 Å². The van der Waals surface area contributed by atoms with Crippen LogP contribution in [0.3, 0.4) is 0 Å². The number of carbonyl (C=O) groups excluding carboxylic acids is 1. The quantitative estimate of drug-likeness (QED) is 0.488. The lowest BCUT2D eigenvalue weighted by atomic mass is 9.92. The first-order chi connectivity index (χ1) is 12.7. The third-order valence-electron chi connectivity index (χ3n) is 3.79. The second kappa shape index (κ2) is 7.75. The molecule has 0 spiro atoms. The Balaban J connectivity index is 2.02. The van der Waals surface area contributed by atoms with Gasteiger partial charge in [-0.05, 0) is 23.6 Å². The van der Waals surface area contributed by atoms with Crippen molar-refractivity contribution in [1.82, 2.24) is 9.78 Å². The molecule has 0 radical (unpaired) electrons. The van der Waals surface area contributed by atoms with Crippen molar-refractivity contribution in [3.8, 4) is 22.8 Å². The van der Waals surface area contributed by atoms with Gasteiger partial charge in [-0.3, -0.25) is 4.79 Å². The van der Waals surface area contributed by atoms with Gasteiger partial charge < -0.3 is 4.74 Å². The number of benzene rings is 2. The summed E-state index contributed by atoms with van der Waals surface area (Å²) in [6.45, 7) is 5.96. The Kier molecular flexibility index (Phi) is 5.59. The summed E-state index contributed by atoms with van der Waals surface area (Å²) in [5.41, 5.74) is 2.10. The van der Waals surface area contributed by atoms with E-state index >= 15 is 0 Å². The SMILES string of the molecule is CC(C)(C)CC(=O)Oc1cc(-c2ccccc2)nn1-c1ccc(Cl)c(Cl)c1. The van der Waals surface area contributed by atoms with Crippen molar-refractivity contribution >= 4 is 29.2 Å². The van der Waals surface area contributed by atoms with Crippen LogP contribution in [0, 0.1) is 5.41 Å². The Labute approximate surface area is 168 Å². The largest absolute Gasteiger partial charge is 0.407 e. The highest BCUT2D eigenvalue weighted by Gasteiger charge is 2.21. The molecule has 140 valence electrons. The number of hydrogen-bond donors (Lipinski definition) is 0. The molecule has 0 saturated heterocycles. The van der Waals surface area contributed by atoms with Crippen molar-refractivity contribution in [2.75, 3.05) is 0 Å². The molecule has 6 heteroatoms. The summed E-state index contributed by atoms with van der Waals surface area (Å²) in [5, 5.41) is 5.46. The molecule has 2 aromatic carbocycles. The Bertz CT molecular complexity index is 960. The number of nitrogens with zero attached hydrogens (tertiary/aromatic N) is 2. The zero-order chi connectivity index (χ0) is 19.6. The fraction of sp³-hybridized carbons (Fsp3) is 0.238. The van der Waals surface area contributed by atoms with Crippen molar-refractivity contribution in [3.05, 3.63) is 64.6 Å². The molecule has 1 heterocycles. The summed E-state index contributed by atoms with van der Waals surface area (Å²) >= 11 is 12.2. The zero-order valence-electron chi connectivity index (χ0n) is 15.4. The van der Waals surface area contributed by atoms with E-state index in [1.54, 1.807) is 28.9 Å². The van der Waals surface area contributed by atoms with E-state index in [0.29, 0.717) is 33.7 Å². The first kappa shape index (κ1) is 19.5. The number of halogens is 2. The summed E-state index contributed by atoms with van der Waals surface area (Å²) in [6.07, 6.45) is 0.292. The molecule has 0 amide bonds. The normalized spacial score (nSPS) is 11.4. The molecule has 3 aromatic rings. The number of rotatable bonds is 4. The summed E-state index contributed by atoms with van der Waals surface area (Å²) in [7, 11) is 0. The molecule has 0 aliphatic heterocycles. The molecule has 1 aromatic heterocycles. The average Bonchev–Trinajstić information content (AvgIpc) is 3.00. The maximum absolute atomic E-state index is 12.4. The minimum absolute atomic E-state index is 0.173. The van der Waals surface area contributed by atoms with Gasteiger partial charge in [0.1, 0.15) is 0 Å². The first-order valence-corrected chi connectivity index (χ1v) is 9.30. The molecule has 0 saturated carbocycles. The minimum atomic E-state index is -0.316. The summed E-state index contributed by atoms with van der Waals surface area (Å²) < 4.78 is 7.19. The molecule has 0 aliphatic rings. The third-order valence-corrected chi connectivity index (χ3v) is 4.53. The number of carbonyl (C=O) groups is 1. The maximum atomic E-state index is 12.4. The Hall–Kier alpha value is -2.30. The van der Waals surface area contributed by atoms with Gasteiger partial charge in [-0.25, -0.2) is 0 Å². The van der Waals surface area contributed by atoms with E-state index in [-0.39, 0.29) is 11.4 Å². The lowest BCUT2D eigenvalue weighted by Gasteiger charge is -2.16. The van der Waals surface area contributed by atoms with Gasteiger partial charge in [0, 0.05) is 11.6 Å². The van der Waals surface area contributed by atoms with E-state index in [1.165, 1.54) is 0 Å². The molecule has 0 fully saturated rings. The molecular weight excluding hydrogens is 383 g/mol. The van der Waals surface area contributed by atoms with Gasteiger partial charge in [0.25, 0.3) is 0 Å². The van der Waals surface area contributed by atoms with Crippen LogP contribution >= 0.6 is 23.2 Å². The van der Waals surface area contributed by atoms with E-state index in [4.69, 9.17) is 27.9 Å². The summed E-state index contributed by atoms with van der Waals surface area (Å²) in [6, 6.07) is 16.6. The summed E-state index contributed by atoms with van der Waals surface area (Å²) in [4.78, 5) is 12.4. The molecule has 0 atom stereocenters. The predicted octanol–water partition coefficient (Wildman–Crippen LogP) is 6.19. The predicted molar refractivity (Wildman–Crippen MR) is 109 cm³/mol. The van der Waals surface area contributed by atoms with Gasteiger partial charge >= 0.3 is 5.97 Å². The van der Waals surface area contributed by atoms with Gasteiger partial charge in [0.15, 0.2) is 0 Å². The van der Waals surface area contributed by atoms with Gasteiger partial charge in [-0.15, -0.1) is 0 Å². The Morgan fingerprint density at radius 1 is 1.04 bits per heavy atom. The smallest absolute Gasteiger partial charge is 0.313 e. The van der Waals surface area contributed by atoms with Crippen LogP contribution in [0.1, 0.15) is 27.2 Å². The van der Waals surface area contributed by atoms with Gasteiger partial charge in [0.2, 0.25) is 5.88 Å². The maximum Gasteiger partial charge on any atom is 0.313 e. The molecule has 0 N–H and O–H groups in total. The van der Waals surface area contributed by atoms with Crippen LogP contribution in [0.25, 0.3) is 16.9 Å². The average molecular weight is 403 g/mol. The molecule has 0 unspecified atom stereocenters. The highest BCUT2D eigenvalue weighted by atomic mass is 35.5. The van der Waals surface area contributed by atoms with Crippen molar-refractivity contribution < 1.29 is 9.53 Å². The molecule has 0 aliphatic carbocycles. The van der Waals surface area contributed by atoms with E-state index < -0.39 is 0 Å². The van der Waals surface area contributed by atoms with Crippen molar-refractivity contribution in [1.29, 1.82) is 0 Å². The highest BCUT2D eigenvalue weighted by molar-refractivity contribution is 6.42. The highest BCUT2D eigenvalue weighted by Crippen LogP contribution is 2.30. The van der Waals surface area contributed by atoms with Crippen LogP contribution in [0.15, 0.2) is 54.6 Å². The Morgan fingerprint density at radius 3 is 2.37 bits per heavy atom. The van der Waals surface area contributed by atoms with Crippen LogP contribution in [0.5, 0.6) is 5.88 Å². The van der Waals surface area contributed by atoms with Gasteiger partial charge in [-0.1, -0.05) is 74.3 Å². The standard InChI is InChI=1S/C21H20Cl2N2O2/c1-21(2,3)13-20(26)27-19-12-18(14-7-5-4-6-8-14)24-25(19)15-9-10-16(22)17(23)11-15/h4-12H,13H2,1-3H3. The fourth-order valence-electron chi connectivity index (χ4n) is 2.57. The second-order valence-electron chi connectivity index (χ2n) is 7.46. The van der Waals surface area contributed by atoms with E-state index in [9.17, 15) is 4.79 Å². The van der Waals surface area contributed by atoms with Gasteiger partial charge in [0.05, 0.1) is 27.8 Å². The van der Waals surface area contributed by atoms with Crippen LogP contribution in [-0.4, -0.2) is 15.7 Å². The number of ether oxygens (including phenoxy) is 1. The third kappa shape index (κ3) is 4.90. The second-order valence-corrected chi connectivity index (χ2v) is 8.27. The molecule has 3 rings (SSSR count). The minimum Gasteiger partial charge on any atom is -0.407 e. The number of hydrogen-bond acceptors (Lipinski definition) is 3.